The molecule has 0 N–H and O–H groups in total. The summed E-state index contributed by atoms with van der Waals surface area (Å²) in [5, 5.41) is 5.93. The average Bonchev–Trinajstić information content (AvgIpc) is 2.19. The smallest absolute Gasteiger partial charge is 0.00160 e. The molecule has 0 bridgehead atoms. The van der Waals surface area contributed by atoms with Crippen LogP contribution in [-0.4, -0.2) is 5.37 Å². The molecule has 0 aromatic carbocycles. The summed E-state index contributed by atoms with van der Waals surface area (Å²) in [6, 6.07) is 2.09. The fraction of sp³-hybridized carbons (Fsp3) is 0.167. The van der Waals surface area contributed by atoms with E-state index in [1.54, 1.807) is 16.7 Å². The lowest BCUT2D eigenvalue weighted by Crippen LogP contribution is -1.75. The number of thiophene rings is 1. The number of hydrogen-bond donors (Lipinski definition) is 0. The van der Waals surface area contributed by atoms with Gasteiger partial charge in [0.2, 0.25) is 0 Å². The van der Waals surface area contributed by atoms with Gasteiger partial charge in [0.15, 0.2) is 0 Å². The van der Waals surface area contributed by atoms with Gasteiger partial charge in [-0.25, -0.2) is 0 Å². The van der Waals surface area contributed by atoms with E-state index in [0.717, 1.165) is 6.42 Å². The van der Waals surface area contributed by atoms with E-state index in [1.165, 1.54) is 5.56 Å². The van der Waals surface area contributed by atoms with Crippen molar-refractivity contribution in [2.24, 2.45) is 0 Å². The minimum absolute atomic E-state index is 0.929. The van der Waals surface area contributed by atoms with Crippen LogP contribution in [0.3, 0.4) is 0 Å². The lowest BCUT2D eigenvalue weighted by atomic mass is 10.3. The summed E-state index contributed by atoms with van der Waals surface area (Å²) < 4.78 is 0. The Hall–Kier alpha value is -0.210. The molecule has 0 unspecified atom stereocenters. The van der Waals surface area contributed by atoms with Crippen molar-refractivity contribution < 1.29 is 0 Å². The zero-order chi connectivity index (χ0) is 5.82. The van der Waals surface area contributed by atoms with Crippen LogP contribution in [0.25, 0.3) is 0 Å². The molecule has 1 aromatic heterocycles. The highest BCUT2D eigenvalue weighted by atomic mass is 32.1. The SMILES string of the molecule is S=CCc1ccsc1. The lowest BCUT2D eigenvalue weighted by molar-refractivity contribution is 1.43. The molecule has 0 saturated heterocycles. The first-order chi connectivity index (χ1) is 3.93. The van der Waals surface area contributed by atoms with Crippen molar-refractivity contribution >= 4 is 28.9 Å². The van der Waals surface area contributed by atoms with Crippen molar-refractivity contribution in [3.8, 4) is 0 Å². The number of hydrogen-bond acceptors (Lipinski definition) is 2. The predicted octanol–water partition coefficient (Wildman–Crippen LogP) is 2.29. The molecule has 0 fully saturated rings. The molecule has 0 aliphatic carbocycles. The second-order valence-electron chi connectivity index (χ2n) is 1.50. The Morgan fingerprint density at radius 2 is 2.62 bits per heavy atom. The molecule has 2 heteroatoms. The molecule has 1 rings (SSSR count). The van der Waals surface area contributed by atoms with Gasteiger partial charge in [-0.3, -0.25) is 0 Å². The minimum Gasteiger partial charge on any atom is -0.152 e. The summed E-state index contributed by atoms with van der Waals surface area (Å²) in [6.07, 6.45) is 0.929. The quantitative estimate of drug-likeness (QED) is 0.571. The van der Waals surface area contributed by atoms with Crippen molar-refractivity contribution in [3.05, 3.63) is 22.4 Å². The van der Waals surface area contributed by atoms with Crippen molar-refractivity contribution in [2.75, 3.05) is 0 Å². The molecule has 0 aliphatic heterocycles. The number of thiocarbonyl (C=S) groups is 1. The van der Waals surface area contributed by atoms with E-state index in [9.17, 15) is 0 Å². The molecule has 0 spiro atoms. The largest absolute Gasteiger partial charge is 0.152 e. The maximum absolute atomic E-state index is 4.68. The summed E-state index contributed by atoms with van der Waals surface area (Å²) in [5.41, 5.74) is 1.32. The van der Waals surface area contributed by atoms with Gasteiger partial charge in [0.25, 0.3) is 0 Å². The molecule has 0 aliphatic rings. The van der Waals surface area contributed by atoms with Gasteiger partial charge >= 0.3 is 0 Å². The normalized spacial score (nSPS) is 9.00. The van der Waals surface area contributed by atoms with E-state index in [4.69, 9.17) is 0 Å². The third kappa shape index (κ3) is 1.39. The van der Waals surface area contributed by atoms with Crippen LogP contribution in [0.15, 0.2) is 16.8 Å². The van der Waals surface area contributed by atoms with E-state index in [1.807, 2.05) is 0 Å². The van der Waals surface area contributed by atoms with E-state index in [-0.39, 0.29) is 0 Å². The molecule has 0 atom stereocenters. The minimum atomic E-state index is 0.929. The molecular weight excluding hydrogens is 136 g/mol. The van der Waals surface area contributed by atoms with Gasteiger partial charge in [-0.15, -0.1) is 0 Å². The first kappa shape index (κ1) is 5.92. The monoisotopic (exact) mass is 142 g/mol. The Bertz CT molecular complexity index is 153. The van der Waals surface area contributed by atoms with Crippen LogP contribution >= 0.6 is 23.6 Å². The van der Waals surface area contributed by atoms with Crippen LogP contribution in [-0.2, 0) is 6.42 Å². The lowest BCUT2D eigenvalue weighted by Gasteiger charge is -1.80. The number of rotatable bonds is 2. The van der Waals surface area contributed by atoms with E-state index >= 15 is 0 Å². The average molecular weight is 142 g/mol. The first-order valence-corrected chi connectivity index (χ1v) is 3.79. The van der Waals surface area contributed by atoms with E-state index in [0.29, 0.717) is 0 Å². The topological polar surface area (TPSA) is 0 Å². The van der Waals surface area contributed by atoms with Crippen molar-refractivity contribution in [1.29, 1.82) is 0 Å². The van der Waals surface area contributed by atoms with Crippen molar-refractivity contribution in [3.63, 3.8) is 0 Å². The van der Waals surface area contributed by atoms with Crippen LogP contribution in [0, 0.1) is 0 Å². The summed E-state index contributed by atoms with van der Waals surface area (Å²) in [5.74, 6) is 0. The third-order valence-electron chi connectivity index (χ3n) is 0.899. The van der Waals surface area contributed by atoms with Crippen LogP contribution < -0.4 is 0 Å². The standard InChI is InChI=1S/C6H6S2/c7-3-1-6-2-4-8-5-6/h2-5H,1H2. The molecule has 0 nitrogen and oxygen atoms in total. The van der Waals surface area contributed by atoms with E-state index < -0.39 is 0 Å². The van der Waals surface area contributed by atoms with Gasteiger partial charge < -0.3 is 0 Å². The summed E-state index contributed by atoms with van der Waals surface area (Å²) >= 11 is 6.39. The van der Waals surface area contributed by atoms with Gasteiger partial charge in [0.1, 0.15) is 0 Å². The van der Waals surface area contributed by atoms with Crippen LogP contribution in [0.5, 0.6) is 0 Å². The maximum Gasteiger partial charge on any atom is 0.00160 e. The molecule has 42 valence electrons. The Kier molecular flexibility index (Phi) is 2.18. The highest BCUT2D eigenvalue weighted by Gasteiger charge is 1.85. The first-order valence-electron chi connectivity index (χ1n) is 2.38. The highest BCUT2D eigenvalue weighted by molar-refractivity contribution is 7.79. The van der Waals surface area contributed by atoms with Gasteiger partial charge in [0, 0.05) is 6.42 Å². The Balaban J connectivity index is 2.62. The van der Waals surface area contributed by atoms with Gasteiger partial charge in [0.05, 0.1) is 0 Å². The predicted molar refractivity (Wildman–Crippen MR) is 41.7 cm³/mol. The Labute approximate surface area is 58.2 Å². The molecule has 8 heavy (non-hydrogen) atoms. The molecule has 0 amide bonds. The van der Waals surface area contributed by atoms with Crippen LogP contribution in [0.2, 0.25) is 0 Å². The fourth-order valence-electron chi connectivity index (χ4n) is 0.505. The second-order valence-corrected chi connectivity index (χ2v) is 2.62. The second kappa shape index (κ2) is 2.95. The van der Waals surface area contributed by atoms with Crippen LogP contribution in [0.1, 0.15) is 5.56 Å². The molecular formula is C6H6S2. The van der Waals surface area contributed by atoms with Crippen LogP contribution in [0.4, 0.5) is 0 Å². The van der Waals surface area contributed by atoms with Gasteiger partial charge in [-0.2, -0.15) is 11.3 Å². The molecule has 1 heterocycles. The fourth-order valence-corrected chi connectivity index (χ4v) is 1.38. The highest BCUT2D eigenvalue weighted by Crippen LogP contribution is 2.04. The van der Waals surface area contributed by atoms with E-state index in [2.05, 4.69) is 29.0 Å². The molecule has 1 aromatic rings. The zero-order valence-electron chi connectivity index (χ0n) is 4.33. The van der Waals surface area contributed by atoms with Crippen molar-refractivity contribution in [1.82, 2.24) is 0 Å². The third-order valence-corrected chi connectivity index (χ3v) is 1.80. The molecule has 0 saturated carbocycles. The summed E-state index contributed by atoms with van der Waals surface area (Å²) in [7, 11) is 0. The summed E-state index contributed by atoms with van der Waals surface area (Å²) in [4.78, 5) is 0. The summed E-state index contributed by atoms with van der Waals surface area (Å²) in [6.45, 7) is 0. The molecule has 0 radical (unpaired) electrons. The maximum atomic E-state index is 4.68. The van der Waals surface area contributed by atoms with Crippen molar-refractivity contribution in [2.45, 2.75) is 6.42 Å². The van der Waals surface area contributed by atoms with Gasteiger partial charge in [-0.1, -0.05) is 12.2 Å². The Morgan fingerprint density at radius 3 is 3.12 bits per heavy atom. The zero-order valence-corrected chi connectivity index (χ0v) is 5.97. The van der Waals surface area contributed by atoms with Gasteiger partial charge in [-0.05, 0) is 27.8 Å². The Morgan fingerprint density at radius 1 is 1.75 bits per heavy atom.